The van der Waals surface area contributed by atoms with Crippen molar-refractivity contribution in [2.75, 3.05) is 0 Å². The van der Waals surface area contributed by atoms with Crippen molar-refractivity contribution in [3.05, 3.63) is 212 Å². The third-order valence-corrected chi connectivity index (χ3v) is 11.4. The lowest BCUT2D eigenvalue weighted by atomic mass is 10.1. The van der Waals surface area contributed by atoms with Crippen LogP contribution < -0.4 is 13.6 Å². The summed E-state index contributed by atoms with van der Waals surface area (Å²) in [5.74, 6) is -0.248. The van der Waals surface area contributed by atoms with E-state index < -0.39 is 22.6 Å². The number of hydrogen-bond donors (Lipinski definition) is 0. The molecule has 9 aromatic rings. The molecule has 0 spiro atoms. The van der Waals surface area contributed by atoms with Crippen molar-refractivity contribution in [2.24, 2.45) is 30.7 Å². The van der Waals surface area contributed by atoms with Gasteiger partial charge in [-0.1, -0.05) is 91.0 Å². The second kappa shape index (κ2) is 18.9. The van der Waals surface area contributed by atoms with Crippen molar-refractivity contribution in [3.8, 4) is 17.2 Å². The summed E-state index contributed by atoms with van der Waals surface area (Å²) in [6.45, 7) is 0. The zero-order chi connectivity index (χ0) is 47.2. The van der Waals surface area contributed by atoms with Gasteiger partial charge in [-0.3, -0.25) is 30.3 Å². The first-order valence-electron chi connectivity index (χ1n) is 20.2. The topological polar surface area (TPSA) is 248 Å². The van der Waals surface area contributed by atoms with Gasteiger partial charge in [0.1, 0.15) is 17.1 Å². The minimum absolute atomic E-state index is 0.0708. The fraction of sp³-hybridized carbons (Fsp3) is 0. The van der Waals surface area contributed by atoms with Gasteiger partial charge in [0, 0.05) is 52.6 Å². The first kappa shape index (κ1) is 43.6. The third kappa shape index (κ3) is 9.58. The number of nitro benzene ring substituents is 3. The van der Waals surface area contributed by atoms with Gasteiger partial charge in [-0.05, 0) is 70.8 Å². The Balaban J connectivity index is 1.22. The zero-order valence-corrected chi connectivity index (χ0v) is 35.8. The molecule has 0 fully saturated rings. The van der Waals surface area contributed by atoms with Crippen molar-refractivity contribution in [3.63, 3.8) is 0 Å². The Morgan fingerprint density at radius 2 is 0.603 bits per heavy atom. The maximum atomic E-state index is 16.2. The summed E-state index contributed by atoms with van der Waals surface area (Å²) < 4.78 is 35.9. The molecule has 0 atom stereocenters. The SMILES string of the molecule is O=[N+]([O-])c1ccc(N=Nc2ccc3ccccc3c2OP(=O)(Oc2c(N=Nc3ccc([N+](=O)[O-])cc3)ccc3ccccc23)Oc2c(N=Nc3ccc([N+](=O)[O-])cc3)ccc3ccccc23)cc1. The minimum atomic E-state index is -5.15. The predicted molar refractivity (Wildman–Crippen MR) is 253 cm³/mol. The van der Waals surface area contributed by atoms with E-state index in [4.69, 9.17) is 13.6 Å². The summed E-state index contributed by atoms with van der Waals surface area (Å²) >= 11 is 0. The Morgan fingerprint density at radius 3 is 0.868 bits per heavy atom. The lowest BCUT2D eigenvalue weighted by Gasteiger charge is -2.23. The molecule has 0 unspecified atom stereocenters. The summed E-state index contributed by atoms with van der Waals surface area (Å²) in [7, 11) is -5.15. The van der Waals surface area contributed by atoms with Crippen LogP contribution in [0.4, 0.5) is 51.2 Å². The Kier molecular flexibility index (Phi) is 12.1. The molecule has 0 saturated carbocycles. The van der Waals surface area contributed by atoms with E-state index in [1.54, 1.807) is 109 Å². The van der Waals surface area contributed by atoms with Crippen LogP contribution >= 0.6 is 7.82 Å². The Hall–Kier alpha value is -9.61. The highest BCUT2D eigenvalue weighted by Gasteiger charge is 2.38. The van der Waals surface area contributed by atoms with Crippen LogP contribution in [0.2, 0.25) is 0 Å². The number of benzene rings is 9. The first-order chi connectivity index (χ1) is 33.0. The highest BCUT2D eigenvalue weighted by atomic mass is 31.2. The van der Waals surface area contributed by atoms with Gasteiger partial charge in [-0.2, -0.15) is 19.9 Å². The number of fused-ring (bicyclic) bond motifs is 3. The van der Waals surface area contributed by atoms with E-state index in [1.165, 1.54) is 72.8 Å². The van der Waals surface area contributed by atoms with Crippen LogP contribution in [0.3, 0.4) is 0 Å². The van der Waals surface area contributed by atoms with Crippen molar-refractivity contribution in [1.29, 1.82) is 0 Å². The number of nitro groups is 3. The monoisotopic (exact) mass is 923 g/mol. The van der Waals surface area contributed by atoms with Crippen molar-refractivity contribution >= 4 is 91.3 Å². The van der Waals surface area contributed by atoms with E-state index in [0.717, 1.165) is 0 Å². The van der Waals surface area contributed by atoms with Crippen LogP contribution in [0, 0.1) is 30.3 Å². The molecular weight excluding hydrogens is 894 g/mol. The van der Waals surface area contributed by atoms with Crippen LogP contribution in [0.1, 0.15) is 0 Å². The van der Waals surface area contributed by atoms with Crippen LogP contribution in [0.15, 0.2) is 213 Å². The third-order valence-electron chi connectivity index (χ3n) is 10.2. The highest BCUT2D eigenvalue weighted by molar-refractivity contribution is 7.49. The molecule has 0 radical (unpaired) electrons. The van der Waals surface area contributed by atoms with Crippen LogP contribution in [-0.4, -0.2) is 14.8 Å². The number of phosphoric acid groups is 1. The molecule has 0 N–H and O–H groups in total. The molecule has 332 valence electrons. The molecule has 9 aromatic carbocycles. The largest absolute Gasteiger partial charge is 0.647 e. The van der Waals surface area contributed by atoms with Crippen LogP contribution in [-0.2, 0) is 4.57 Å². The number of hydrogen-bond acceptors (Lipinski definition) is 16. The van der Waals surface area contributed by atoms with Gasteiger partial charge in [0.2, 0.25) is 0 Å². The fourth-order valence-electron chi connectivity index (χ4n) is 6.87. The average molecular weight is 924 g/mol. The maximum Gasteiger partial charge on any atom is 0.647 e. The van der Waals surface area contributed by atoms with Gasteiger partial charge in [0.25, 0.3) is 17.1 Å². The van der Waals surface area contributed by atoms with Gasteiger partial charge >= 0.3 is 7.82 Å². The molecule has 0 bridgehead atoms. The van der Waals surface area contributed by atoms with E-state index in [2.05, 4.69) is 30.7 Å². The van der Waals surface area contributed by atoms with E-state index in [0.29, 0.717) is 32.3 Å². The molecule has 9 rings (SSSR count). The maximum absolute atomic E-state index is 16.2. The van der Waals surface area contributed by atoms with Crippen LogP contribution in [0.25, 0.3) is 32.3 Å². The number of phosphoric ester groups is 1. The Bertz CT molecular complexity index is 3200. The quantitative estimate of drug-likeness (QED) is 0.0407. The van der Waals surface area contributed by atoms with E-state index in [-0.39, 0.29) is 68.4 Å². The summed E-state index contributed by atoms with van der Waals surface area (Å²) in [6.07, 6.45) is 0. The first-order valence-corrected chi connectivity index (χ1v) is 21.7. The van der Waals surface area contributed by atoms with E-state index >= 15 is 4.57 Å². The van der Waals surface area contributed by atoms with Gasteiger partial charge in [-0.25, -0.2) is 0 Å². The molecule has 0 heterocycles. The summed E-state index contributed by atoms with van der Waals surface area (Å²) in [4.78, 5) is 32.4. The fourth-order valence-corrected chi connectivity index (χ4v) is 8.23. The Labute approximate surface area is 383 Å². The second-order valence-corrected chi connectivity index (χ2v) is 16.0. The molecular formula is C48H30N9O10P. The summed E-state index contributed by atoms with van der Waals surface area (Å²) in [5, 5.41) is 63.5. The highest BCUT2D eigenvalue weighted by Crippen LogP contribution is 2.58. The smallest absolute Gasteiger partial charge is 0.383 e. The molecule has 0 aromatic heterocycles. The molecule has 68 heavy (non-hydrogen) atoms. The number of nitrogens with zero attached hydrogens (tertiary/aromatic N) is 9. The van der Waals surface area contributed by atoms with Gasteiger partial charge in [-0.15, -0.1) is 15.3 Å². The lowest BCUT2D eigenvalue weighted by Crippen LogP contribution is -2.09. The molecule has 0 saturated heterocycles. The number of azo groups is 3. The Morgan fingerprint density at radius 1 is 0.338 bits per heavy atom. The summed E-state index contributed by atoms with van der Waals surface area (Å²) in [6, 6.07) is 47.3. The van der Waals surface area contributed by atoms with E-state index in [1.807, 2.05) is 0 Å². The average Bonchev–Trinajstić information content (AvgIpc) is 3.36. The van der Waals surface area contributed by atoms with Gasteiger partial charge in [0.05, 0.1) is 31.8 Å². The van der Waals surface area contributed by atoms with Gasteiger partial charge in [0.15, 0.2) is 17.2 Å². The van der Waals surface area contributed by atoms with Crippen molar-refractivity contribution in [2.45, 2.75) is 0 Å². The molecule has 19 nitrogen and oxygen atoms in total. The lowest BCUT2D eigenvalue weighted by molar-refractivity contribution is -0.385. The number of non-ortho nitro benzene ring substituents is 3. The predicted octanol–water partition coefficient (Wildman–Crippen LogP) is 15.8. The normalized spacial score (nSPS) is 12.5. The zero-order valence-electron chi connectivity index (χ0n) is 34.9. The van der Waals surface area contributed by atoms with E-state index in [9.17, 15) is 30.3 Å². The standard InChI is InChI=1S/C48H30N9O10P/c58-55(59)37-22-16-34(17-23-37)49-52-43-28-13-31-7-1-4-10-40(31)46(43)65-68(64,66-47-41-11-5-2-8-32(41)14-29-44(47)53-50-35-18-24-38(25-19-35)56(60)61)67-48-42-12-6-3-9-33(42)15-30-45(48)54-51-36-20-26-39(27-21-36)57(62)63/h1-30H. The van der Waals surface area contributed by atoms with Crippen molar-refractivity contribution in [1.82, 2.24) is 0 Å². The van der Waals surface area contributed by atoms with Crippen molar-refractivity contribution < 1.29 is 32.9 Å². The van der Waals surface area contributed by atoms with Crippen LogP contribution in [0.5, 0.6) is 17.2 Å². The van der Waals surface area contributed by atoms with Gasteiger partial charge < -0.3 is 13.6 Å². The molecule has 0 aliphatic heterocycles. The summed E-state index contributed by atoms with van der Waals surface area (Å²) in [5.41, 5.74) is 0.579. The number of rotatable bonds is 15. The second-order valence-electron chi connectivity index (χ2n) is 14.5. The molecule has 0 aliphatic rings. The minimum Gasteiger partial charge on any atom is -0.383 e. The molecule has 0 amide bonds. The molecule has 20 heteroatoms. The molecule has 0 aliphatic carbocycles.